The molecule has 1 aromatic heterocycles. The van der Waals surface area contributed by atoms with Crippen molar-refractivity contribution in [3.05, 3.63) is 18.1 Å². The van der Waals surface area contributed by atoms with Crippen LogP contribution in [0.4, 0.5) is 5.82 Å². The van der Waals surface area contributed by atoms with Gasteiger partial charge in [0.1, 0.15) is 5.82 Å². The number of hydrogen-bond donors (Lipinski definition) is 1. The van der Waals surface area contributed by atoms with Crippen LogP contribution in [0.5, 0.6) is 0 Å². The van der Waals surface area contributed by atoms with Gasteiger partial charge in [-0.3, -0.25) is 4.98 Å². The Bertz CT molecular complexity index is 340. The molecule has 0 atom stereocenters. The first-order valence-corrected chi connectivity index (χ1v) is 7.96. The minimum atomic E-state index is 0.474. The molecule has 0 spiro atoms. The SMILES string of the molecule is CCCCN(CCCC)c1cnc(CNC(C)C)cn1. The van der Waals surface area contributed by atoms with Crippen molar-refractivity contribution in [3.8, 4) is 0 Å². The van der Waals surface area contributed by atoms with Gasteiger partial charge in [-0.2, -0.15) is 0 Å². The Morgan fingerprint density at radius 2 is 1.70 bits per heavy atom. The summed E-state index contributed by atoms with van der Waals surface area (Å²) >= 11 is 0. The van der Waals surface area contributed by atoms with Gasteiger partial charge in [-0.25, -0.2) is 4.98 Å². The van der Waals surface area contributed by atoms with Crippen molar-refractivity contribution < 1.29 is 0 Å². The number of anilines is 1. The Labute approximate surface area is 124 Å². The van der Waals surface area contributed by atoms with Gasteiger partial charge in [0, 0.05) is 25.7 Å². The fraction of sp³-hybridized carbons (Fsp3) is 0.750. The second kappa shape index (κ2) is 9.70. The molecular weight excluding hydrogens is 248 g/mol. The molecule has 20 heavy (non-hydrogen) atoms. The average molecular weight is 278 g/mol. The molecule has 0 saturated carbocycles. The fourth-order valence-corrected chi connectivity index (χ4v) is 1.95. The van der Waals surface area contributed by atoms with Gasteiger partial charge in [-0.05, 0) is 12.8 Å². The molecule has 0 radical (unpaired) electrons. The number of unbranched alkanes of at least 4 members (excludes halogenated alkanes) is 2. The number of nitrogens with zero attached hydrogens (tertiary/aromatic N) is 3. The molecule has 0 fully saturated rings. The maximum absolute atomic E-state index is 4.59. The number of aromatic nitrogens is 2. The molecule has 0 unspecified atom stereocenters. The molecule has 1 N–H and O–H groups in total. The second-order valence-corrected chi connectivity index (χ2v) is 5.60. The first kappa shape index (κ1) is 16.9. The highest BCUT2D eigenvalue weighted by Crippen LogP contribution is 2.11. The molecule has 0 saturated heterocycles. The zero-order valence-electron chi connectivity index (χ0n) is 13.5. The molecule has 0 bridgehead atoms. The Balaban J connectivity index is 2.61. The topological polar surface area (TPSA) is 41.1 Å². The normalized spacial score (nSPS) is 11.1. The molecule has 0 amide bonds. The van der Waals surface area contributed by atoms with Crippen LogP contribution >= 0.6 is 0 Å². The third-order valence-corrected chi connectivity index (χ3v) is 3.27. The van der Waals surface area contributed by atoms with Gasteiger partial charge in [0.05, 0.1) is 18.1 Å². The van der Waals surface area contributed by atoms with Crippen LogP contribution in [0, 0.1) is 0 Å². The predicted molar refractivity (Wildman–Crippen MR) is 86.0 cm³/mol. The zero-order chi connectivity index (χ0) is 14.8. The van der Waals surface area contributed by atoms with Crippen molar-refractivity contribution in [2.75, 3.05) is 18.0 Å². The standard InChI is InChI=1S/C16H30N4/c1-5-7-9-20(10-8-6-2)16-13-18-15(12-19-16)11-17-14(3)4/h12-14,17H,5-11H2,1-4H3. The third kappa shape index (κ3) is 6.33. The van der Waals surface area contributed by atoms with E-state index in [4.69, 9.17) is 0 Å². The molecular formula is C16H30N4. The predicted octanol–water partition coefficient (Wildman–Crippen LogP) is 3.38. The van der Waals surface area contributed by atoms with Gasteiger partial charge in [0.15, 0.2) is 0 Å². The van der Waals surface area contributed by atoms with Gasteiger partial charge < -0.3 is 10.2 Å². The summed E-state index contributed by atoms with van der Waals surface area (Å²) in [5.41, 5.74) is 1.01. The van der Waals surface area contributed by atoms with Crippen LogP contribution in [-0.2, 0) is 6.54 Å². The lowest BCUT2D eigenvalue weighted by molar-refractivity contribution is 0.579. The Kier molecular flexibility index (Phi) is 8.19. The number of nitrogens with one attached hydrogen (secondary N) is 1. The van der Waals surface area contributed by atoms with Crippen molar-refractivity contribution in [1.82, 2.24) is 15.3 Å². The van der Waals surface area contributed by atoms with Crippen molar-refractivity contribution in [2.45, 2.75) is 66.0 Å². The van der Waals surface area contributed by atoms with E-state index in [2.05, 4.69) is 47.9 Å². The summed E-state index contributed by atoms with van der Waals surface area (Å²) in [6, 6.07) is 0.474. The van der Waals surface area contributed by atoms with Gasteiger partial charge in [0.2, 0.25) is 0 Å². The van der Waals surface area contributed by atoms with E-state index in [0.717, 1.165) is 31.1 Å². The highest BCUT2D eigenvalue weighted by Gasteiger charge is 2.07. The van der Waals surface area contributed by atoms with Crippen LogP contribution in [-0.4, -0.2) is 29.1 Å². The summed E-state index contributed by atoms with van der Waals surface area (Å²) in [6.45, 7) is 11.7. The third-order valence-electron chi connectivity index (χ3n) is 3.27. The summed E-state index contributed by atoms with van der Waals surface area (Å²) in [4.78, 5) is 11.5. The molecule has 0 aromatic carbocycles. The maximum atomic E-state index is 4.59. The van der Waals surface area contributed by atoms with E-state index < -0.39 is 0 Å². The first-order chi connectivity index (χ1) is 9.67. The van der Waals surface area contributed by atoms with Crippen LogP contribution in [0.2, 0.25) is 0 Å². The largest absolute Gasteiger partial charge is 0.355 e. The van der Waals surface area contributed by atoms with Crippen LogP contribution in [0.15, 0.2) is 12.4 Å². The average Bonchev–Trinajstić information content (AvgIpc) is 2.46. The van der Waals surface area contributed by atoms with Crippen molar-refractivity contribution in [2.24, 2.45) is 0 Å². The quantitative estimate of drug-likeness (QED) is 0.712. The Morgan fingerprint density at radius 3 is 2.15 bits per heavy atom. The van der Waals surface area contributed by atoms with E-state index in [0.29, 0.717) is 6.04 Å². The lowest BCUT2D eigenvalue weighted by atomic mass is 10.2. The van der Waals surface area contributed by atoms with Gasteiger partial charge in [-0.15, -0.1) is 0 Å². The van der Waals surface area contributed by atoms with E-state index in [9.17, 15) is 0 Å². The second-order valence-electron chi connectivity index (χ2n) is 5.60. The van der Waals surface area contributed by atoms with Crippen LogP contribution in [0.25, 0.3) is 0 Å². The minimum Gasteiger partial charge on any atom is -0.355 e. The van der Waals surface area contributed by atoms with E-state index in [1.165, 1.54) is 25.7 Å². The summed E-state index contributed by atoms with van der Waals surface area (Å²) in [5.74, 6) is 1.01. The molecule has 0 aliphatic heterocycles. The van der Waals surface area contributed by atoms with E-state index >= 15 is 0 Å². The lowest BCUT2D eigenvalue weighted by Gasteiger charge is -2.23. The summed E-state index contributed by atoms with van der Waals surface area (Å²) in [6.07, 6.45) is 8.67. The molecule has 114 valence electrons. The number of hydrogen-bond acceptors (Lipinski definition) is 4. The highest BCUT2D eigenvalue weighted by atomic mass is 15.2. The van der Waals surface area contributed by atoms with Gasteiger partial charge in [-0.1, -0.05) is 40.5 Å². The van der Waals surface area contributed by atoms with Crippen LogP contribution in [0.3, 0.4) is 0 Å². The highest BCUT2D eigenvalue weighted by molar-refractivity contribution is 5.35. The summed E-state index contributed by atoms with van der Waals surface area (Å²) < 4.78 is 0. The van der Waals surface area contributed by atoms with Gasteiger partial charge >= 0.3 is 0 Å². The molecule has 0 aliphatic carbocycles. The maximum Gasteiger partial charge on any atom is 0.147 e. The molecule has 0 aliphatic rings. The smallest absolute Gasteiger partial charge is 0.147 e. The monoisotopic (exact) mass is 278 g/mol. The first-order valence-electron chi connectivity index (χ1n) is 7.96. The summed E-state index contributed by atoms with van der Waals surface area (Å²) in [5, 5.41) is 3.36. The molecule has 1 heterocycles. The summed E-state index contributed by atoms with van der Waals surface area (Å²) in [7, 11) is 0. The Morgan fingerprint density at radius 1 is 1.05 bits per heavy atom. The zero-order valence-corrected chi connectivity index (χ0v) is 13.5. The minimum absolute atomic E-state index is 0.474. The Hall–Kier alpha value is -1.16. The van der Waals surface area contributed by atoms with Crippen LogP contribution < -0.4 is 10.2 Å². The molecule has 1 aromatic rings. The van der Waals surface area contributed by atoms with Crippen LogP contribution in [0.1, 0.15) is 59.1 Å². The molecule has 4 heteroatoms. The van der Waals surface area contributed by atoms with Crippen molar-refractivity contribution in [3.63, 3.8) is 0 Å². The lowest BCUT2D eigenvalue weighted by Crippen LogP contribution is -2.27. The van der Waals surface area contributed by atoms with Crippen molar-refractivity contribution in [1.29, 1.82) is 0 Å². The van der Waals surface area contributed by atoms with E-state index in [-0.39, 0.29) is 0 Å². The van der Waals surface area contributed by atoms with E-state index in [1.54, 1.807) is 0 Å². The number of rotatable bonds is 10. The van der Waals surface area contributed by atoms with E-state index in [1.807, 2.05) is 12.4 Å². The molecule has 4 nitrogen and oxygen atoms in total. The molecule has 1 rings (SSSR count). The fourth-order valence-electron chi connectivity index (χ4n) is 1.95. The van der Waals surface area contributed by atoms with Crippen molar-refractivity contribution >= 4 is 5.82 Å². The van der Waals surface area contributed by atoms with Gasteiger partial charge in [0.25, 0.3) is 0 Å².